The largest absolute Gasteiger partial charge is 0.322 e. The molecule has 0 radical (unpaired) electrons. The van der Waals surface area contributed by atoms with Gasteiger partial charge in [-0.25, -0.2) is 10.1 Å². The first-order valence-electron chi connectivity index (χ1n) is 4.40. The fourth-order valence-corrected chi connectivity index (χ4v) is 2.47. The average molecular weight is 335 g/mol. The minimum Gasteiger partial charge on any atom is -0.322 e. The van der Waals surface area contributed by atoms with Gasteiger partial charge < -0.3 is 5.32 Å². The topological polar surface area (TPSA) is 47.9 Å². The lowest BCUT2D eigenvalue weighted by atomic mass is 10.3. The van der Waals surface area contributed by atoms with E-state index >= 15 is 0 Å². The van der Waals surface area contributed by atoms with Crippen molar-refractivity contribution in [2.75, 3.05) is 18.4 Å². The molecule has 1 aliphatic rings. The fourth-order valence-electron chi connectivity index (χ4n) is 1.27. The normalized spacial score (nSPS) is 15.4. The molecule has 0 spiro atoms. The molecule has 0 amide bonds. The van der Waals surface area contributed by atoms with Crippen LogP contribution in [0.15, 0.2) is 32.1 Å². The summed E-state index contributed by atoms with van der Waals surface area (Å²) in [4.78, 5) is 4.13. The third kappa shape index (κ3) is 2.32. The van der Waals surface area contributed by atoms with Crippen LogP contribution in [0, 0.1) is 0 Å². The molecule has 0 aliphatic carbocycles. The Morgan fingerprint density at radius 3 is 2.53 bits per heavy atom. The average Bonchev–Trinajstić information content (AvgIpc) is 2.58. The quantitative estimate of drug-likeness (QED) is 0.830. The Kier molecular flexibility index (Phi) is 3.28. The van der Waals surface area contributed by atoms with Crippen LogP contribution >= 0.6 is 31.9 Å². The van der Waals surface area contributed by atoms with Crippen molar-refractivity contribution < 1.29 is 5.21 Å². The summed E-state index contributed by atoms with van der Waals surface area (Å²) in [5, 5.41) is 13.6. The Labute approximate surface area is 104 Å². The molecule has 1 aromatic rings. The van der Waals surface area contributed by atoms with E-state index in [-0.39, 0.29) is 0 Å². The number of guanidine groups is 1. The molecule has 0 bridgehead atoms. The van der Waals surface area contributed by atoms with E-state index in [1.165, 1.54) is 0 Å². The summed E-state index contributed by atoms with van der Waals surface area (Å²) in [5.41, 5.74) is 0.859. The second-order valence-corrected chi connectivity index (χ2v) is 4.76. The number of rotatable bonds is 1. The Balaban J connectivity index is 2.24. The van der Waals surface area contributed by atoms with Crippen molar-refractivity contribution in [1.82, 2.24) is 5.06 Å². The number of anilines is 1. The van der Waals surface area contributed by atoms with Crippen LogP contribution < -0.4 is 5.32 Å². The third-order valence-corrected chi connectivity index (χ3v) is 3.34. The maximum Gasteiger partial charge on any atom is 0.222 e. The highest BCUT2D eigenvalue weighted by atomic mass is 79.9. The highest BCUT2D eigenvalue weighted by Gasteiger charge is 2.16. The van der Waals surface area contributed by atoms with Crippen LogP contribution in [0.4, 0.5) is 5.69 Å². The van der Waals surface area contributed by atoms with Crippen molar-refractivity contribution in [3.05, 3.63) is 27.1 Å². The van der Waals surface area contributed by atoms with Gasteiger partial charge in [-0.2, -0.15) is 0 Å². The smallest absolute Gasteiger partial charge is 0.222 e. The highest BCUT2D eigenvalue weighted by Crippen LogP contribution is 2.30. The van der Waals surface area contributed by atoms with E-state index in [1.807, 2.05) is 18.2 Å². The molecule has 15 heavy (non-hydrogen) atoms. The van der Waals surface area contributed by atoms with Crippen molar-refractivity contribution in [3.8, 4) is 0 Å². The minimum atomic E-state index is 0.475. The molecule has 80 valence electrons. The van der Waals surface area contributed by atoms with Gasteiger partial charge in [-0.3, -0.25) is 5.21 Å². The summed E-state index contributed by atoms with van der Waals surface area (Å²) >= 11 is 6.85. The van der Waals surface area contributed by atoms with Gasteiger partial charge in [0.15, 0.2) is 0 Å². The van der Waals surface area contributed by atoms with E-state index in [2.05, 4.69) is 42.2 Å². The van der Waals surface area contributed by atoms with Crippen LogP contribution in [0.3, 0.4) is 0 Å². The summed E-state index contributed by atoms with van der Waals surface area (Å²) in [7, 11) is 0. The van der Waals surface area contributed by atoms with Crippen molar-refractivity contribution in [1.29, 1.82) is 0 Å². The number of nitrogens with zero attached hydrogens (tertiary/aromatic N) is 2. The molecule has 1 aromatic carbocycles. The number of para-hydroxylation sites is 1. The number of hydrogen-bond acceptors (Lipinski definition) is 4. The molecule has 0 fully saturated rings. The molecule has 0 atom stereocenters. The van der Waals surface area contributed by atoms with E-state index in [1.54, 1.807) is 0 Å². The molecule has 0 aromatic heterocycles. The second-order valence-electron chi connectivity index (χ2n) is 3.05. The predicted octanol–water partition coefficient (Wildman–Crippen LogP) is 2.68. The molecule has 1 heterocycles. The molecule has 2 N–H and O–H groups in total. The van der Waals surface area contributed by atoms with Crippen molar-refractivity contribution in [2.24, 2.45) is 4.99 Å². The van der Waals surface area contributed by atoms with E-state index in [0.717, 1.165) is 19.7 Å². The van der Waals surface area contributed by atoms with Crippen LogP contribution in [-0.4, -0.2) is 29.3 Å². The number of nitrogens with one attached hydrogen (secondary N) is 1. The summed E-state index contributed by atoms with van der Waals surface area (Å²) in [6.45, 7) is 1.14. The zero-order valence-electron chi connectivity index (χ0n) is 7.74. The van der Waals surface area contributed by atoms with Gasteiger partial charge in [-0.05, 0) is 44.0 Å². The number of benzene rings is 1. The molecule has 6 heteroatoms. The monoisotopic (exact) mass is 333 g/mol. The summed E-state index contributed by atoms with van der Waals surface area (Å²) in [6, 6.07) is 5.77. The predicted molar refractivity (Wildman–Crippen MR) is 66.3 cm³/mol. The van der Waals surface area contributed by atoms with Crippen molar-refractivity contribution in [2.45, 2.75) is 0 Å². The summed E-state index contributed by atoms with van der Waals surface area (Å²) < 4.78 is 1.83. The molecule has 0 saturated heterocycles. The maximum absolute atomic E-state index is 9.44. The van der Waals surface area contributed by atoms with Gasteiger partial charge in [0.05, 0.1) is 18.8 Å². The van der Waals surface area contributed by atoms with E-state index in [9.17, 15) is 5.21 Å². The number of halogens is 2. The maximum atomic E-state index is 9.44. The molecule has 0 saturated carbocycles. The van der Waals surface area contributed by atoms with Gasteiger partial charge in [-0.1, -0.05) is 6.07 Å². The van der Waals surface area contributed by atoms with Crippen LogP contribution in [0.25, 0.3) is 0 Å². The molecule has 1 aliphatic heterocycles. The van der Waals surface area contributed by atoms with Gasteiger partial charge in [0.1, 0.15) is 0 Å². The Morgan fingerprint density at radius 1 is 1.33 bits per heavy atom. The Bertz CT molecular complexity index is 388. The lowest BCUT2D eigenvalue weighted by molar-refractivity contribution is -0.00270. The first-order valence-corrected chi connectivity index (χ1v) is 5.99. The Morgan fingerprint density at radius 2 is 2.00 bits per heavy atom. The number of hydroxylamine groups is 2. The van der Waals surface area contributed by atoms with E-state index in [0.29, 0.717) is 19.0 Å². The van der Waals surface area contributed by atoms with E-state index < -0.39 is 0 Å². The standard InChI is InChI=1S/C9H9Br2N3O/c10-6-2-1-3-7(11)8(6)13-9-12-4-5-14(9)15/h1-3,15H,4-5H2,(H,12,13). The van der Waals surface area contributed by atoms with Crippen molar-refractivity contribution >= 4 is 43.5 Å². The van der Waals surface area contributed by atoms with Crippen LogP contribution in [-0.2, 0) is 0 Å². The third-order valence-electron chi connectivity index (χ3n) is 2.02. The summed E-state index contributed by atoms with van der Waals surface area (Å²) in [6.07, 6.45) is 0. The molecular weight excluding hydrogens is 326 g/mol. The second kappa shape index (κ2) is 4.51. The zero-order chi connectivity index (χ0) is 10.8. The van der Waals surface area contributed by atoms with Gasteiger partial charge in [0.2, 0.25) is 5.96 Å². The lowest BCUT2D eigenvalue weighted by Crippen LogP contribution is -2.29. The molecule has 2 rings (SSSR count). The highest BCUT2D eigenvalue weighted by molar-refractivity contribution is 9.11. The van der Waals surface area contributed by atoms with Gasteiger partial charge >= 0.3 is 0 Å². The number of aliphatic imine (C=N–C) groups is 1. The molecule has 0 unspecified atom stereocenters. The SMILES string of the molecule is ON1CCN=C1Nc1c(Br)cccc1Br. The zero-order valence-corrected chi connectivity index (χ0v) is 10.9. The Hall–Kier alpha value is -0.590. The minimum absolute atomic E-state index is 0.475. The molecule has 4 nitrogen and oxygen atoms in total. The number of hydrogen-bond donors (Lipinski definition) is 2. The fraction of sp³-hybridized carbons (Fsp3) is 0.222. The van der Waals surface area contributed by atoms with Gasteiger partial charge in [0.25, 0.3) is 0 Å². The van der Waals surface area contributed by atoms with Gasteiger partial charge in [0, 0.05) is 8.95 Å². The summed E-state index contributed by atoms with van der Waals surface area (Å²) in [5.74, 6) is 0.475. The van der Waals surface area contributed by atoms with Crippen LogP contribution in [0.2, 0.25) is 0 Å². The lowest BCUT2D eigenvalue weighted by Gasteiger charge is -2.15. The first-order chi connectivity index (χ1) is 7.18. The van der Waals surface area contributed by atoms with E-state index in [4.69, 9.17) is 0 Å². The first kappa shape index (κ1) is 10.9. The van der Waals surface area contributed by atoms with Crippen LogP contribution in [0.1, 0.15) is 0 Å². The van der Waals surface area contributed by atoms with Gasteiger partial charge in [-0.15, -0.1) is 0 Å². The van der Waals surface area contributed by atoms with Crippen molar-refractivity contribution in [3.63, 3.8) is 0 Å². The van der Waals surface area contributed by atoms with Crippen LogP contribution in [0.5, 0.6) is 0 Å². The molecular formula is C9H9Br2N3O.